The molecule has 3 N–H and O–H groups in total. The predicted molar refractivity (Wildman–Crippen MR) is 89.2 cm³/mol. The number of hydrogen-bond acceptors (Lipinski definition) is 7. The number of phenols is 2. The van der Waals surface area contributed by atoms with Crippen LogP contribution in [0.3, 0.4) is 0 Å². The van der Waals surface area contributed by atoms with Gasteiger partial charge in [0.2, 0.25) is 0 Å². The van der Waals surface area contributed by atoms with Gasteiger partial charge >= 0.3 is 0 Å². The molecule has 0 bridgehead atoms. The molecule has 0 aliphatic carbocycles. The van der Waals surface area contributed by atoms with Crippen molar-refractivity contribution in [2.24, 2.45) is 5.10 Å². The molecule has 130 valence electrons. The van der Waals surface area contributed by atoms with Gasteiger partial charge in [-0.1, -0.05) is 12.1 Å². The van der Waals surface area contributed by atoms with E-state index < -0.39 is 10.8 Å². The molecule has 9 heteroatoms. The van der Waals surface area contributed by atoms with E-state index in [0.717, 1.165) is 18.3 Å². The lowest BCUT2D eigenvalue weighted by Crippen LogP contribution is -2.18. The Bertz CT molecular complexity index is 863. The first kappa shape index (κ1) is 17.7. The summed E-state index contributed by atoms with van der Waals surface area (Å²) in [5.74, 6) is -1.30. The minimum Gasteiger partial charge on any atom is -0.507 e. The number of benzene rings is 2. The van der Waals surface area contributed by atoms with Gasteiger partial charge in [-0.25, -0.2) is 5.43 Å². The molecule has 2 rings (SSSR count). The first-order chi connectivity index (χ1) is 11.8. The minimum atomic E-state index is -0.672. The number of aromatic hydroxyl groups is 2. The Morgan fingerprint density at radius 1 is 1.32 bits per heavy atom. The van der Waals surface area contributed by atoms with Crippen LogP contribution >= 0.6 is 0 Å². The monoisotopic (exact) mass is 345 g/mol. The van der Waals surface area contributed by atoms with Crippen molar-refractivity contribution in [3.63, 3.8) is 0 Å². The number of methoxy groups -OCH3 is 1. The minimum absolute atomic E-state index is 0.0141. The Morgan fingerprint density at radius 2 is 2.04 bits per heavy atom. The van der Waals surface area contributed by atoms with E-state index in [2.05, 4.69) is 10.5 Å². The third-order valence-corrected chi connectivity index (χ3v) is 3.37. The van der Waals surface area contributed by atoms with Gasteiger partial charge in [0.25, 0.3) is 11.6 Å². The summed E-state index contributed by atoms with van der Waals surface area (Å²) >= 11 is 0. The number of rotatable bonds is 5. The van der Waals surface area contributed by atoms with Crippen LogP contribution in [0.15, 0.2) is 35.4 Å². The summed E-state index contributed by atoms with van der Waals surface area (Å²) in [5, 5.41) is 34.4. The van der Waals surface area contributed by atoms with E-state index in [-0.39, 0.29) is 34.1 Å². The number of nitrogens with one attached hydrogen (secondary N) is 1. The Morgan fingerprint density at radius 3 is 2.68 bits per heavy atom. The molecule has 25 heavy (non-hydrogen) atoms. The van der Waals surface area contributed by atoms with Crippen LogP contribution in [0.5, 0.6) is 17.2 Å². The number of aryl methyl sites for hydroxylation is 1. The molecule has 9 nitrogen and oxygen atoms in total. The second kappa shape index (κ2) is 7.30. The number of nitrogens with zero attached hydrogens (tertiary/aromatic N) is 2. The molecule has 0 fully saturated rings. The molecular weight excluding hydrogens is 330 g/mol. The molecule has 2 aromatic carbocycles. The van der Waals surface area contributed by atoms with Crippen molar-refractivity contribution in [2.75, 3.05) is 7.11 Å². The van der Waals surface area contributed by atoms with Crippen LogP contribution in [0.2, 0.25) is 0 Å². The molecule has 0 radical (unpaired) electrons. The average Bonchev–Trinajstić information content (AvgIpc) is 2.58. The normalized spacial score (nSPS) is 10.6. The van der Waals surface area contributed by atoms with Gasteiger partial charge in [0.1, 0.15) is 5.75 Å². The number of ether oxygens (including phenoxy) is 1. The third-order valence-electron chi connectivity index (χ3n) is 3.37. The van der Waals surface area contributed by atoms with Gasteiger partial charge in [-0.15, -0.1) is 0 Å². The summed E-state index contributed by atoms with van der Waals surface area (Å²) in [7, 11) is 1.25. The highest BCUT2D eigenvalue weighted by Crippen LogP contribution is 2.33. The predicted octanol–water partition coefficient (Wildman–Crippen LogP) is 2.09. The number of nitro benzene ring substituents is 1. The maximum atomic E-state index is 12.0. The van der Waals surface area contributed by atoms with E-state index in [0.29, 0.717) is 5.56 Å². The quantitative estimate of drug-likeness (QED) is 0.431. The first-order valence-electron chi connectivity index (χ1n) is 7.02. The Kier molecular flexibility index (Phi) is 5.18. The zero-order chi connectivity index (χ0) is 18.6. The molecule has 0 heterocycles. The van der Waals surface area contributed by atoms with Crippen LogP contribution in [0.4, 0.5) is 5.69 Å². The van der Waals surface area contributed by atoms with Crippen LogP contribution in [0, 0.1) is 17.0 Å². The standard InChI is InChI=1S/C16H15N3O6/c1-9-4-3-5-12(14(9)20)16(22)18-17-8-10-6-11(19(23)24)7-13(25-2)15(10)21/h3-8,20-21H,1-2H3,(H,18,22)/b17-8+. The largest absolute Gasteiger partial charge is 0.507 e. The highest BCUT2D eigenvalue weighted by Gasteiger charge is 2.16. The molecule has 0 saturated heterocycles. The average molecular weight is 345 g/mol. The molecule has 1 amide bonds. The number of hydrazone groups is 1. The van der Waals surface area contributed by atoms with Crippen molar-refractivity contribution >= 4 is 17.8 Å². The van der Waals surface area contributed by atoms with Gasteiger partial charge in [-0.2, -0.15) is 5.10 Å². The van der Waals surface area contributed by atoms with E-state index in [1.807, 2.05) is 0 Å². The maximum absolute atomic E-state index is 12.0. The number of para-hydroxylation sites is 1. The van der Waals surface area contributed by atoms with Crippen LogP contribution in [-0.2, 0) is 0 Å². The van der Waals surface area contributed by atoms with Gasteiger partial charge in [0.05, 0.1) is 29.9 Å². The molecule has 2 aromatic rings. The number of phenolic OH excluding ortho intramolecular Hbond substituents is 2. The lowest BCUT2D eigenvalue weighted by atomic mass is 10.1. The molecule has 0 aliphatic rings. The zero-order valence-corrected chi connectivity index (χ0v) is 13.4. The van der Waals surface area contributed by atoms with Gasteiger partial charge in [0.15, 0.2) is 11.5 Å². The fourth-order valence-corrected chi connectivity index (χ4v) is 2.04. The summed E-state index contributed by atoms with van der Waals surface area (Å²) in [6, 6.07) is 6.81. The van der Waals surface area contributed by atoms with Crippen LogP contribution in [0.1, 0.15) is 21.5 Å². The number of nitro groups is 1. The summed E-state index contributed by atoms with van der Waals surface area (Å²) in [6.07, 6.45) is 1.04. The number of amides is 1. The van der Waals surface area contributed by atoms with Crippen LogP contribution in [0.25, 0.3) is 0 Å². The summed E-state index contributed by atoms with van der Waals surface area (Å²) in [4.78, 5) is 22.3. The number of carbonyl (C=O) groups excluding carboxylic acids is 1. The van der Waals surface area contributed by atoms with E-state index >= 15 is 0 Å². The molecule has 0 aliphatic heterocycles. The van der Waals surface area contributed by atoms with E-state index in [1.54, 1.807) is 19.1 Å². The second-order valence-electron chi connectivity index (χ2n) is 5.01. The van der Waals surface area contributed by atoms with Crippen molar-refractivity contribution in [3.05, 3.63) is 57.1 Å². The number of carbonyl (C=O) groups is 1. The molecule has 0 saturated carbocycles. The van der Waals surface area contributed by atoms with Crippen molar-refractivity contribution in [2.45, 2.75) is 6.92 Å². The smallest absolute Gasteiger partial charge is 0.275 e. The number of hydrogen-bond donors (Lipinski definition) is 3. The Balaban J connectivity index is 2.24. The van der Waals surface area contributed by atoms with Crippen molar-refractivity contribution in [1.82, 2.24) is 5.43 Å². The first-order valence-corrected chi connectivity index (χ1v) is 7.02. The Hall–Kier alpha value is -3.62. The van der Waals surface area contributed by atoms with Gasteiger partial charge < -0.3 is 14.9 Å². The molecule has 0 spiro atoms. The highest BCUT2D eigenvalue weighted by molar-refractivity contribution is 5.98. The molecule has 0 aromatic heterocycles. The lowest BCUT2D eigenvalue weighted by Gasteiger charge is -2.07. The fourth-order valence-electron chi connectivity index (χ4n) is 2.04. The van der Waals surface area contributed by atoms with Gasteiger partial charge in [-0.3, -0.25) is 14.9 Å². The lowest BCUT2D eigenvalue weighted by molar-refractivity contribution is -0.385. The van der Waals surface area contributed by atoms with Crippen LogP contribution in [-0.4, -0.2) is 34.4 Å². The topological polar surface area (TPSA) is 134 Å². The summed E-state index contributed by atoms with van der Waals surface area (Å²) < 4.78 is 4.87. The van der Waals surface area contributed by atoms with Crippen molar-refractivity contribution < 1.29 is 24.7 Å². The Labute approximate surface area is 142 Å². The fraction of sp³-hybridized carbons (Fsp3) is 0.125. The maximum Gasteiger partial charge on any atom is 0.275 e. The SMILES string of the molecule is COc1cc([N+](=O)[O-])cc(/C=N/NC(=O)c2cccc(C)c2O)c1O. The summed E-state index contributed by atoms with van der Waals surface area (Å²) in [5.41, 5.74) is 2.41. The zero-order valence-electron chi connectivity index (χ0n) is 13.4. The van der Waals surface area contributed by atoms with E-state index in [9.17, 15) is 25.1 Å². The van der Waals surface area contributed by atoms with Gasteiger partial charge in [-0.05, 0) is 18.6 Å². The van der Waals surface area contributed by atoms with E-state index in [1.165, 1.54) is 13.2 Å². The van der Waals surface area contributed by atoms with Crippen molar-refractivity contribution in [3.8, 4) is 17.2 Å². The van der Waals surface area contributed by atoms with Crippen molar-refractivity contribution in [1.29, 1.82) is 0 Å². The third kappa shape index (κ3) is 3.83. The molecule has 0 atom stereocenters. The van der Waals surface area contributed by atoms with Gasteiger partial charge in [0, 0.05) is 11.6 Å². The summed E-state index contributed by atoms with van der Waals surface area (Å²) in [6.45, 7) is 1.64. The van der Waals surface area contributed by atoms with Crippen LogP contribution < -0.4 is 10.2 Å². The second-order valence-corrected chi connectivity index (χ2v) is 5.01. The van der Waals surface area contributed by atoms with E-state index in [4.69, 9.17) is 4.74 Å². The molecular formula is C16H15N3O6. The molecule has 0 unspecified atom stereocenters. The highest BCUT2D eigenvalue weighted by atomic mass is 16.6. The number of non-ortho nitro benzene ring substituents is 1.